The van der Waals surface area contributed by atoms with Crippen molar-refractivity contribution in [3.63, 3.8) is 0 Å². The van der Waals surface area contributed by atoms with E-state index < -0.39 is 0 Å². The van der Waals surface area contributed by atoms with Gasteiger partial charge < -0.3 is 10.1 Å². The number of rotatable bonds is 8. The van der Waals surface area contributed by atoms with Crippen LogP contribution in [0.15, 0.2) is 48.3 Å². The van der Waals surface area contributed by atoms with Gasteiger partial charge in [0.05, 0.1) is 13.3 Å². The minimum atomic E-state index is 0.230. The smallest absolute Gasteiger partial charge is 0.223 e. The van der Waals surface area contributed by atoms with Crippen molar-refractivity contribution < 1.29 is 9.53 Å². The van der Waals surface area contributed by atoms with E-state index in [1.165, 1.54) is 36.8 Å². The van der Waals surface area contributed by atoms with E-state index in [2.05, 4.69) is 27.6 Å². The van der Waals surface area contributed by atoms with Crippen LogP contribution in [-0.4, -0.2) is 47.3 Å². The summed E-state index contributed by atoms with van der Waals surface area (Å²) in [4.78, 5) is 15.2. The molecule has 1 saturated heterocycles. The fourth-order valence-corrected chi connectivity index (χ4v) is 5.68. The van der Waals surface area contributed by atoms with E-state index in [4.69, 9.17) is 4.74 Å². The first-order valence-electron chi connectivity index (χ1n) is 12.5. The van der Waals surface area contributed by atoms with Crippen LogP contribution in [0.4, 0.5) is 0 Å². The predicted molar refractivity (Wildman–Crippen MR) is 129 cm³/mol. The molecule has 5 rings (SSSR count). The molecule has 176 valence electrons. The van der Waals surface area contributed by atoms with Gasteiger partial charge in [0, 0.05) is 30.8 Å². The van der Waals surface area contributed by atoms with Gasteiger partial charge in [0.25, 0.3) is 0 Å². The first kappa shape index (κ1) is 22.2. The van der Waals surface area contributed by atoms with Gasteiger partial charge in [0.1, 0.15) is 11.4 Å². The second kappa shape index (κ2) is 9.72. The Morgan fingerprint density at radius 2 is 2.09 bits per heavy atom. The molecule has 2 fully saturated rings. The van der Waals surface area contributed by atoms with E-state index >= 15 is 0 Å². The van der Waals surface area contributed by atoms with Gasteiger partial charge in [-0.2, -0.15) is 5.10 Å². The summed E-state index contributed by atoms with van der Waals surface area (Å²) in [5.74, 6) is 1.34. The van der Waals surface area contributed by atoms with Gasteiger partial charge in [-0.3, -0.25) is 9.69 Å². The minimum absolute atomic E-state index is 0.230. The molecule has 1 saturated carbocycles. The predicted octanol–water partition coefficient (Wildman–Crippen LogP) is 4.49. The second-order valence-electron chi connectivity index (χ2n) is 10.0. The van der Waals surface area contributed by atoms with Crippen molar-refractivity contribution in [2.24, 2.45) is 11.3 Å². The summed E-state index contributed by atoms with van der Waals surface area (Å²) in [5, 5.41) is 7.78. The van der Waals surface area contributed by atoms with Crippen LogP contribution in [0.3, 0.4) is 0 Å². The summed E-state index contributed by atoms with van der Waals surface area (Å²) >= 11 is 0. The van der Waals surface area contributed by atoms with Gasteiger partial charge in [-0.1, -0.05) is 23.8 Å². The van der Waals surface area contributed by atoms with Crippen molar-refractivity contribution in [3.8, 4) is 11.4 Å². The van der Waals surface area contributed by atoms with Crippen LogP contribution < -0.4 is 10.1 Å². The molecule has 0 radical (unpaired) electrons. The molecule has 6 nitrogen and oxygen atoms in total. The second-order valence-corrected chi connectivity index (χ2v) is 10.0. The van der Waals surface area contributed by atoms with Crippen molar-refractivity contribution in [2.75, 3.05) is 26.7 Å². The summed E-state index contributed by atoms with van der Waals surface area (Å²) in [6, 6.07) is 7.94. The number of hydrogen-bond acceptors (Lipinski definition) is 4. The maximum atomic E-state index is 12.7. The third kappa shape index (κ3) is 5.01. The zero-order valence-electron chi connectivity index (χ0n) is 19.8. The topological polar surface area (TPSA) is 59.4 Å². The first-order valence-corrected chi connectivity index (χ1v) is 12.5. The number of carbonyl (C=O) groups is 1. The van der Waals surface area contributed by atoms with E-state index in [-0.39, 0.29) is 17.2 Å². The third-order valence-corrected chi connectivity index (χ3v) is 7.86. The van der Waals surface area contributed by atoms with E-state index in [9.17, 15) is 4.79 Å². The molecule has 1 N–H and O–H groups in total. The molecule has 6 heteroatoms. The van der Waals surface area contributed by atoms with Crippen LogP contribution in [0.2, 0.25) is 0 Å². The summed E-state index contributed by atoms with van der Waals surface area (Å²) < 4.78 is 7.36. The highest BCUT2D eigenvalue weighted by Crippen LogP contribution is 2.59. The summed E-state index contributed by atoms with van der Waals surface area (Å²) in [5.41, 5.74) is 3.95. The largest absolute Gasteiger partial charge is 0.494 e. The standard InChI is InChI=1S/C27H36N4O2/c1-33-25-10-6-5-9-24(25)31-20-22(18-29-31)19-30-15-12-27(13-16-30)17-23(27)26(32)28-14-11-21-7-3-2-4-8-21/h5-7,9-10,18,20,23H,2-4,8,11-17,19H2,1H3,(H,28,32)/t23-/m1/s1. The number of carbonyl (C=O) groups excluding carboxylic acids is 1. The number of ether oxygens (including phenoxy) is 1. The van der Waals surface area contributed by atoms with Crippen molar-refractivity contribution >= 4 is 5.91 Å². The van der Waals surface area contributed by atoms with Gasteiger partial charge >= 0.3 is 0 Å². The summed E-state index contributed by atoms with van der Waals surface area (Å²) in [7, 11) is 1.69. The van der Waals surface area contributed by atoms with Crippen LogP contribution in [0.1, 0.15) is 56.9 Å². The van der Waals surface area contributed by atoms with Gasteiger partial charge in [-0.15, -0.1) is 0 Å². The maximum absolute atomic E-state index is 12.7. The Balaban J connectivity index is 1.08. The van der Waals surface area contributed by atoms with Crippen LogP contribution in [0.5, 0.6) is 5.75 Å². The average Bonchev–Trinajstić information content (AvgIpc) is 3.36. The minimum Gasteiger partial charge on any atom is -0.494 e. The number of para-hydroxylation sites is 2. The Morgan fingerprint density at radius 3 is 2.88 bits per heavy atom. The molecule has 33 heavy (non-hydrogen) atoms. The summed E-state index contributed by atoms with van der Waals surface area (Å²) in [6.07, 6.45) is 15.8. The highest BCUT2D eigenvalue weighted by molar-refractivity contribution is 5.82. The van der Waals surface area contributed by atoms with Gasteiger partial charge in [0.2, 0.25) is 5.91 Å². The van der Waals surface area contributed by atoms with E-state index in [1.54, 1.807) is 7.11 Å². The Kier molecular flexibility index (Phi) is 6.54. The fraction of sp³-hybridized carbons (Fsp3) is 0.556. The molecule has 2 heterocycles. The Morgan fingerprint density at radius 1 is 1.24 bits per heavy atom. The van der Waals surface area contributed by atoms with E-state index in [0.29, 0.717) is 0 Å². The molecule has 1 atom stereocenters. The number of hydrogen-bond donors (Lipinski definition) is 1. The van der Waals surface area contributed by atoms with Crippen molar-refractivity contribution in [3.05, 3.63) is 53.9 Å². The number of aromatic nitrogens is 2. The lowest BCUT2D eigenvalue weighted by molar-refractivity contribution is -0.123. The van der Waals surface area contributed by atoms with Crippen LogP contribution in [0, 0.1) is 11.3 Å². The number of amides is 1. The monoisotopic (exact) mass is 448 g/mol. The fourth-order valence-electron chi connectivity index (χ4n) is 5.68. The van der Waals surface area contributed by atoms with Crippen molar-refractivity contribution in [1.82, 2.24) is 20.0 Å². The van der Waals surface area contributed by atoms with Crippen LogP contribution in [-0.2, 0) is 11.3 Å². The van der Waals surface area contributed by atoms with Gasteiger partial charge in [-0.05, 0) is 82.0 Å². The molecule has 0 unspecified atom stereocenters. The molecular formula is C27H36N4O2. The lowest BCUT2D eigenvalue weighted by Crippen LogP contribution is -2.36. The van der Waals surface area contributed by atoms with Gasteiger partial charge in [-0.25, -0.2) is 4.68 Å². The molecule has 1 amide bonds. The number of methoxy groups -OCH3 is 1. The molecule has 3 aliphatic rings. The Hall–Kier alpha value is -2.60. The van der Waals surface area contributed by atoms with E-state index in [0.717, 1.165) is 63.3 Å². The highest BCUT2D eigenvalue weighted by atomic mass is 16.5. The lowest BCUT2D eigenvalue weighted by Gasteiger charge is -2.32. The maximum Gasteiger partial charge on any atom is 0.223 e. The van der Waals surface area contributed by atoms with Crippen molar-refractivity contribution in [1.29, 1.82) is 0 Å². The Labute approximate surface area is 197 Å². The molecule has 2 aromatic rings. The molecule has 1 aliphatic heterocycles. The molecule has 1 spiro atoms. The Bertz CT molecular complexity index is 1000. The highest BCUT2D eigenvalue weighted by Gasteiger charge is 2.58. The average molecular weight is 449 g/mol. The number of benzene rings is 1. The molecule has 2 aliphatic carbocycles. The number of nitrogens with zero attached hydrogens (tertiary/aromatic N) is 3. The SMILES string of the molecule is COc1ccccc1-n1cc(CN2CCC3(CC2)C[C@@H]3C(=O)NCCC2=CCCCC2)cn1. The first-order chi connectivity index (χ1) is 16.2. The number of likely N-dealkylation sites (tertiary alicyclic amines) is 1. The normalized spacial score (nSPS) is 22.1. The zero-order chi connectivity index (χ0) is 22.7. The van der Waals surface area contributed by atoms with Crippen LogP contribution in [0.25, 0.3) is 5.69 Å². The number of allylic oxidation sites excluding steroid dienone is 1. The molecule has 1 aromatic carbocycles. The molecule has 0 bridgehead atoms. The quantitative estimate of drug-likeness (QED) is 0.605. The number of piperidine rings is 1. The summed E-state index contributed by atoms with van der Waals surface area (Å²) in [6.45, 7) is 3.81. The molecular weight excluding hydrogens is 412 g/mol. The third-order valence-electron chi connectivity index (χ3n) is 7.86. The lowest BCUT2D eigenvalue weighted by atomic mass is 9.90. The molecule has 1 aromatic heterocycles. The van der Waals surface area contributed by atoms with Crippen molar-refractivity contribution in [2.45, 2.75) is 57.9 Å². The van der Waals surface area contributed by atoms with E-state index in [1.807, 2.05) is 35.1 Å². The zero-order valence-corrected chi connectivity index (χ0v) is 19.8. The number of nitrogens with one attached hydrogen (secondary N) is 1. The van der Waals surface area contributed by atoms with Gasteiger partial charge in [0.15, 0.2) is 0 Å². The van der Waals surface area contributed by atoms with Crippen LogP contribution >= 0.6 is 0 Å².